The molecule has 1 fully saturated rings. The van der Waals surface area contributed by atoms with Gasteiger partial charge in [0, 0.05) is 0 Å². The van der Waals surface area contributed by atoms with Gasteiger partial charge in [-0.3, -0.25) is 14.4 Å². The normalized spacial score (nSPS) is 23.8. The van der Waals surface area contributed by atoms with Crippen LogP contribution >= 0.6 is 11.8 Å². The van der Waals surface area contributed by atoms with Gasteiger partial charge in [-0.1, -0.05) is 6.92 Å². The summed E-state index contributed by atoms with van der Waals surface area (Å²) >= 11 is 1.48. The van der Waals surface area contributed by atoms with Crippen LogP contribution in [0.3, 0.4) is 0 Å². The summed E-state index contributed by atoms with van der Waals surface area (Å²) in [5.74, 6) is 0.365. The zero-order valence-electron chi connectivity index (χ0n) is 7.07. The van der Waals surface area contributed by atoms with Crippen molar-refractivity contribution in [3.05, 3.63) is 0 Å². The fourth-order valence-electron chi connectivity index (χ4n) is 1.11. The lowest BCUT2D eigenvalue weighted by Crippen LogP contribution is -2.30. The van der Waals surface area contributed by atoms with Crippen LogP contribution in [0.2, 0.25) is 0 Å². The van der Waals surface area contributed by atoms with E-state index in [1.807, 2.05) is 6.92 Å². The molecule has 1 unspecified atom stereocenters. The Morgan fingerprint density at radius 1 is 1.67 bits per heavy atom. The molecule has 1 rings (SSSR count). The summed E-state index contributed by atoms with van der Waals surface area (Å²) in [7, 11) is 1.33. The van der Waals surface area contributed by atoms with Gasteiger partial charge in [-0.15, -0.1) is 11.8 Å². The number of nitrogens with zero attached hydrogens (tertiary/aromatic N) is 1. The Balaban J connectivity index is 2.62. The van der Waals surface area contributed by atoms with E-state index in [-0.39, 0.29) is 23.5 Å². The second-order valence-electron chi connectivity index (χ2n) is 2.36. The Bertz CT molecular complexity index is 207. The van der Waals surface area contributed by atoms with Crippen LogP contribution < -0.4 is 0 Å². The fourth-order valence-corrected chi connectivity index (χ4v) is 2.01. The molecular formula is C7H11NO3S. The van der Waals surface area contributed by atoms with Crippen molar-refractivity contribution >= 4 is 23.6 Å². The van der Waals surface area contributed by atoms with Crippen molar-refractivity contribution in [2.24, 2.45) is 0 Å². The molecule has 0 N–H and O–H groups in total. The molecule has 68 valence electrons. The van der Waals surface area contributed by atoms with Crippen molar-refractivity contribution in [3.8, 4) is 0 Å². The molecule has 1 heterocycles. The van der Waals surface area contributed by atoms with E-state index in [9.17, 15) is 9.59 Å². The summed E-state index contributed by atoms with van der Waals surface area (Å²) in [5, 5.41) is 0.607. The molecule has 0 bridgehead atoms. The zero-order valence-corrected chi connectivity index (χ0v) is 7.89. The SMILES string of the molecule is CCSC1CC(=O)N(OC)C1=O. The van der Waals surface area contributed by atoms with Crippen LogP contribution in [0.1, 0.15) is 13.3 Å². The highest BCUT2D eigenvalue weighted by Crippen LogP contribution is 2.24. The van der Waals surface area contributed by atoms with E-state index in [1.54, 1.807) is 0 Å². The maximum atomic E-state index is 11.3. The van der Waals surface area contributed by atoms with Crippen molar-refractivity contribution in [1.82, 2.24) is 5.06 Å². The van der Waals surface area contributed by atoms with E-state index in [0.29, 0.717) is 0 Å². The number of carbonyl (C=O) groups is 2. The van der Waals surface area contributed by atoms with Crippen molar-refractivity contribution < 1.29 is 14.4 Å². The van der Waals surface area contributed by atoms with Crippen LogP contribution in [0.4, 0.5) is 0 Å². The zero-order chi connectivity index (χ0) is 9.14. The lowest BCUT2D eigenvalue weighted by atomic mass is 10.4. The van der Waals surface area contributed by atoms with Gasteiger partial charge in [0.2, 0.25) is 0 Å². The average molecular weight is 189 g/mol. The van der Waals surface area contributed by atoms with Gasteiger partial charge in [0.15, 0.2) is 0 Å². The smallest absolute Gasteiger partial charge is 0.267 e. The van der Waals surface area contributed by atoms with Gasteiger partial charge in [0.25, 0.3) is 11.8 Å². The number of carbonyl (C=O) groups excluding carboxylic acids is 2. The standard InChI is InChI=1S/C7H11NO3S/c1-3-12-5-4-6(9)8(11-2)7(5)10/h5H,3-4H2,1-2H3. The number of thioether (sulfide) groups is 1. The second kappa shape index (κ2) is 3.91. The molecule has 2 amide bonds. The summed E-state index contributed by atoms with van der Waals surface area (Å²) in [5.41, 5.74) is 0. The lowest BCUT2D eigenvalue weighted by molar-refractivity contribution is -0.179. The van der Waals surface area contributed by atoms with Gasteiger partial charge < -0.3 is 0 Å². The molecule has 12 heavy (non-hydrogen) atoms. The molecule has 0 aromatic heterocycles. The number of imide groups is 1. The molecule has 1 atom stereocenters. The maximum Gasteiger partial charge on any atom is 0.267 e. The molecular weight excluding hydrogens is 178 g/mol. The molecule has 0 aromatic rings. The molecule has 1 aliphatic heterocycles. The number of hydrogen-bond acceptors (Lipinski definition) is 4. The fraction of sp³-hybridized carbons (Fsp3) is 0.714. The van der Waals surface area contributed by atoms with Crippen LogP contribution in [0, 0.1) is 0 Å². The van der Waals surface area contributed by atoms with Gasteiger partial charge in [0.05, 0.1) is 18.8 Å². The summed E-state index contributed by atoms with van der Waals surface area (Å²) < 4.78 is 0. The minimum absolute atomic E-state index is 0.227. The van der Waals surface area contributed by atoms with Crippen LogP contribution in [-0.2, 0) is 14.4 Å². The van der Waals surface area contributed by atoms with Crippen molar-refractivity contribution in [2.75, 3.05) is 12.9 Å². The van der Waals surface area contributed by atoms with Gasteiger partial charge in [0.1, 0.15) is 0 Å². The van der Waals surface area contributed by atoms with E-state index in [4.69, 9.17) is 0 Å². The summed E-state index contributed by atoms with van der Waals surface area (Å²) in [6.45, 7) is 1.96. The van der Waals surface area contributed by atoms with Gasteiger partial charge in [-0.25, -0.2) is 0 Å². The first-order chi connectivity index (χ1) is 5.70. The van der Waals surface area contributed by atoms with Crippen molar-refractivity contribution in [1.29, 1.82) is 0 Å². The van der Waals surface area contributed by atoms with Gasteiger partial charge in [-0.2, -0.15) is 5.06 Å². The van der Waals surface area contributed by atoms with Crippen LogP contribution in [-0.4, -0.2) is 35.0 Å². The Hall–Kier alpha value is -0.550. The van der Waals surface area contributed by atoms with E-state index in [0.717, 1.165) is 10.8 Å². The van der Waals surface area contributed by atoms with Crippen LogP contribution in [0.25, 0.3) is 0 Å². The Kier molecular flexibility index (Phi) is 3.11. The number of hydroxylamine groups is 2. The molecule has 0 radical (unpaired) electrons. The summed E-state index contributed by atoms with van der Waals surface area (Å²) in [6, 6.07) is 0. The number of hydrogen-bond donors (Lipinski definition) is 0. The lowest BCUT2D eigenvalue weighted by Gasteiger charge is -2.09. The third kappa shape index (κ3) is 1.61. The summed E-state index contributed by atoms with van der Waals surface area (Å²) in [6.07, 6.45) is 0.269. The van der Waals surface area contributed by atoms with Crippen LogP contribution in [0.5, 0.6) is 0 Å². The molecule has 0 aromatic carbocycles. The van der Waals surface area contributed by atoms with Gasteiger partial charge in [-0.05, 0) is 5.75 Å². The first kappa shape index (κ1) is 9.54. The molecule has 0 saturated carbocycles. The Morgan fingerprint density at radius 2 is 2.33 bits per heavy atom. The van der Waals surface area contributed by atoms with E-state index in [2.05, 4.69) is 4.84 Å². The van der Waals surface area contributed by atoms with Crippen molar-refractivity contribution in [3.63, 3.8) is 0 Å². The largest absolute Gasteiger partial charge is 0.272 e. The highest BCUT2D eigenvalue weighted by atomic mass is 32.2. The van der Waals surface area contributed by atoms with Crippen molar-refractivity contribution in [2.45, 2.75) is 18.6 Å². The molecule has 1 aliphatic rings. The molecule has 4 nitrogen and oxygen atoms in total. The first-order valence-electron chi connectivity index (χ1n) is 3.73. The van der Waals surface area contributed by atoms with E-state index >= 15 is 0 Å². The first-order valence-corrected chi connectivity index (χ1v) is 4.78. The predicted molar refractivity (Wildman–Crippen MR) is 45.4 cm³/mol. The monoisotopic (exact) mass is 189 g/mol. The predicted octanol–water partition coefficient (Wildman–Crippen LogP) is 0.428. The highest BCUT2D eigenvalue weighted by Gasteiger charge is 2.39. The minimum atomic E-state index is -0.242. The second-order valence-corrected chi connectivity index (χ2v) is 3.84. The molecule has 1 saturated heterocycles. The van der Waals surface area contributed by atoms with E-state index in [1.165, 1.54) is 18.9 Å². The topological polar surface area (TPSA) is 46.6 Å². The average Bonchev–Trinajstić information content (AvgIpc) is 2.29. The number of amides is 2. The Labute approximate surface area is 75.2 Å². The highest BCUT2D eigenvalue weighted by molar-refractivity contribution is 8.00. The molecule has 0 spiro atoms. The van der Waals surface area contributed by atoms with E-state index < -0.39 is 0 Å². The Morgan fingerprint density at radius 3 is 2.75 bits per heavy atom. The van der Waals surface area contributed by atoms with Gasteiger partial charge >= 0.3 is 0 Å². The quantitative estimate of drug-likeness (QED) is 0.604. The molecule has 5 heteroatoms. The molecule has 0 aliphatic carbocycles. The summed E-state index contributed by atoms with van der Waals surface area (Å²) in [4.78, 5) is 27.0. The maximum absolute atomic E-state index is 11.3. The third-order valence-corrected chi connectivity index (χ3v) is 2.72. The van der Waals surface area contributed by atoms with Crippen LogP contribution in [0.15, 0.2) is 0 Å². The minimum Gasteiger partial charge on any atom is -0.272 e. The third-order valence-electron chi connectivity index (χ3n) is 1.61. The number of rotatable bonds is 3.